The summed E-state index contributed by atoms with van der Waals surface area (Å²) in [6.07, 6.45) is -0.290. The van der Waals surface area contributed by atoms with Crippen molar-refractivity contribution in [2.24, 2.45) is 0 Å². The van der Waals surface area contributed by atoms with Gasteiger partial charge in [-0.15, -0.1) is 0 Å². The second kappa shape index (κ2) is 10.00. The van der Waals surface area contributed by atoms with Gasteiger partial charge in [0.05, 0.1) is 17.7 Å². The maximum absolute atomic E-state index is 12.7. The Labute approximate surface area is 187 Å². The average molecular weight is 437 g/mol. The highest BCUT2D eigenvalue weighted by atomic mass is 16.5. The number of rotatable bonds is 7. The summed E-state index contributed by atoms with van der Waals surface area (Å²) in [5.74, 6) is -0.171. The first kappa shape index (κ1) is 22.9. The van der Waals surface area contributed by atoms with Gasteiger partial charge in [0.1, 0.15) is 5.75 Å². The zero-order valence-corrected chi connectivity index (χ0v) is 18.5. The lowest BCUT2D eigenvalue weighted by Crippen LogP contribution is -2.46. The number of allylic oxidation sites excluding steroid dienone is 1. The molecule has 0 saturated heterocycles. The predicted molar refractivity (Wildman–Crippen MR) is 120 cm³/mol. The fraction of sp³-hybridized carbons (Fsp3) is 0.292. The molecule has 0 radical (unpaired) electrons. The largest absolute Gasteiger partial charge is 0.484 e. The van der Waals surface area contributed by atoms with Crippen molar-refractivity contribution < 1.29 is 23.9 Å². The smallest absolute Gasteiger partial charge is 0.338 e. The highest BCUT2D eigenvalue weighted by Gasteiger charge is 2.35. The van der Waals surface area contributed by atoms with Gasteiger partial charge in [0.15, 0.2) is 6.61 Å². The van der Waals surface area contributed by atoms with Crippen LogP contribution in [0.5, 0.6) is 5.75 Å². The fourth-order valence-corrected chi connectivity index (χ4v) is 3.25. The number of amides is 3. The number of anilines is 1. The number of benzene rings is 2. The lowest BCUT2D eigenvalue weighted by Gasteiger charge is -2.33. The molecule has 8 nitrogen and oxygen atoms in total. The van der Waals surface area contributed by atoms with Crippen molar-refractivity contribution in [3.63, 3.8) is 0 Å². The van der Waals surface area contributed by atoms with E-state index >= 15 is 0 Å². The number of ether oxygens (including phenoxy) is 2. The molecule has 8 heteroatoms. The van der Waals surface area contributed by atoms with Crippen LogP contribution >= 0.6 is 0 Å². The van der Waals surface area contributed by atoms with Crippen molar-refractivity contribution in [1.82, 2.24) is 10.2 Å². The van der Waals surface area contributed by atoms with Gasteiger partial charge >= 0.3 is 12.0 Å². The van der Waals surface area contributed by atoms with Crippen LogP contribution in [-0.4, -0.2) is 42.6 Å². The summed E-state index contributed by atoms with van der Waals surface area (Å²) in [5.41, 5.74) is 2.16. The molecule has 2 N–H and O–H groups in total. The van der Waals surface area contributed by atoms with Crippen LogP contribution in [-0.2, 0) is 14.3 Å². The van der Waals surface area contributed by atoms with E-state index in [1.807, 2.05) is 18.2 Å². The van der Waals surface area contributed by atoms with Crippen LogP contribution in [0.3, 0.4) is 0 Å². The third-order valence-electron chi connectivity index (χ3n) is 4.96. The Morgan fingerprint density at radius 1 is 1.09 bits per heavy atom. The molecule has 0 fully saturated rings. The van der Waals surface area contributed by atoms with E-state index in [9.17, 15) is 14.4 Å². The summed E-state index contributed by atoms with van der Waals surface area (Å²) < 4.78 is 10.8. The molecule has 1 heterocycles. The van der Waals surface area contributed by atoms with Gasteiger partial charge in [-0.2, -0.15) is 0 Å². The Morgan fingerprint density at radius 3 is 2.38 bits per heavy atom. The van der Waals surface area contributed by atoms with Gasteiger partial charge in [-0.05, 0) is 50.6 Å². The molecular weight excluding hydrogens is 410 g/mol. The summed E-state index contributed by atoms with van der Waals surface area (Å²) in [7, 11) is 1.60. The minimum Gasteiger partial charge on any atom is -0.484 e. The van der Waals surface area contributed by atoms with Crippen molar-refractivity contribution in [3.8, 4) is 5.75 Å². The van der Waals surface area contributed by atoms with Crippen molar-refractivity contribution >= 4 is 23.6 Å². The maximum Gasteiger partial charge on any atom is 0.338 e. The van der Waals surface area contributed by atoms with Gasteiger partial charge in [-0.1, -0.05) is 30.3 Å². The molecule has 168 valence electrons. The summed E-state index contributed by atoms with van der Waals surface area (Å²) >= 11 is 0. The number of nitrogens with one attached hydrogen (secondary N) is 2. The van der Waals surface area contributed by atoms with Gasteiger partial charge in [-0.25, -0.2) is 9.59 Å². The zero-order chi connectivity index (χ0) is 23.3. The van der Waals surface area contributed by atoms with Gasteiger partial charge in [0.25, 0.3) is 5.91 Å². The molecule has 0 spiro atoms. The van der Waals surface area contributed by atoms with Crippen LogP contribution in [0.4, 0.5) is 10.5 Å². The van der Waals surface area contributed by atoms with E-state index in [4.69, 9.17) is 9.47 Å². The lowest BCUT2D eigenvalue weighted by atomic mass is 9.95. The number of para-hydroxylation sites is 1. The quantitative estimate of drug-likeness (QED) is 0.645. The van der Waals surface area contributed by atoms with Crippen LogP contribution < -0.4 is 15.4 Å². The summed E-state index contributed by atoms with van der Waals surface area (Å²) in [4.78, 5) is 38.6. The second-order valence-electron chi connectivity index (χ2n) is 7.67. The van der Waals surface area contributed by atoms with E-state index in [2.05, 4.69) is 10.6 Å². The minimum absolute atomic E-state index is 0.121. The number of esters is 1. The van der Waals surface area contributed by atoms with Crippen LogP contribution in [0.1, 0.15) is 32.4 Å². The van der Waals surface area contributed by atoms with E-state index in [-0.39, 0.29) is 24.6 Å². The van der Waals surface area contributed by atoms with E-state index in [0.717, 1.165) is 0 Å². The first-order chi connectivity index (χ1) is 15.3. The van der Waals surface area contributed by atoms with Crippen molar-refractivity contribution in [3.05, 3.63) is 71.4 Å². The topological polar surface area (TPSA) is 97.0 Å². The summed E-state index contributed by atoms with van der Waals surface area (Å²) in [6.45, 7) is 5.13. The third-order valence-corrected chi connectivity index (χ3v) is 4.96. The molecule has 0 saturated carbocycles. The molecule has 1 aliphatic rings. The highest BCUT2D eigenvalue weighted by Crippen LogP contribution is 2.31. The van der Waals surface area contributed by atoms with Crippen molar-refractivity contribution in [1.29, 1.82) is 0 Å². The second-order valence-corrected chi connectivity index (χ2v) is 7.67. The standard InChI is InChI=1S/C24H27N3O5/c1-15(2)32-23(29)21-16(3)27(4)24(30)26-22(21)17-10-12-18(13-11-17)25-20(28)14-31-19-8-6-5-7-9-19/h5-13,15,22H,14H2,1-4H3,(H,25,28)(H,26,30). The molecule has 1 unspecified atom stereocenters. The van der Waals surface area contributed by atoms with Crippen LogP contribution in [0.15, 0.2) is 65.9 Å². The number of nitrogens with zero attached hydrogens (tertiary/aromatic N) is 1. The maximum atomic E-state index is 12.7. The van der Waals surface area contributed by atoms with E-state index < -0.39 is 12.0 Å². The molecule has 0 bridgehead atoms. The van der Waals surface area contributed by atoms with Crippen LogP contribution in [0.25, 0.3) is 0 Å². The van der Waals surface area contributed by atoms with Crippen molar-refractivity contribution in [2.45, 2.75) is 32.9 Å². The molecule has 0 aromatic heterocycles. The summed E-state index contributed by atoms with van der Waals surface area (Å²) in [5, 5.41) is 5.60. The number of hydrogen-bond acceptors (Lipinski definition) is 5. The molecule has 0 aliphatic carbocycles. The van der Waals surface area contributed by atoms with Crippen molar-refractivity contribution in [2.75, 3.05) is 19.0 Å². The molecule has 3 amide bonds. The zero-order valence-electron chi connectivity index (χ0n) is 18.5. The molecule has 32 heavy (non-hydrogen) atoms. The Morgan fingerprint density at radius 2 is 1.75 bits per heavy atom. The molecule has 3 rings (SSSR count). The Bertz CT molecular complexity index is 1020. The van der Waals surface area contributed by atoms with Gasteiger partial charge in [-0.3, -0.25) is 4.79 Å². The molecular formula is C24H27N3O5. The first-order valence-corrected chi connectivity index (χ1v) is 10.3. The minimum atomic E-state index is -0.656. The molecule has 1 atom stereocenters. The van der Waals surface area contributed by atoms with Gasteiger partial charge in [0.2, 0.25) is 0 Å². The first-order valence-electron chi connectivity index (χ1n) is 10.3. The molecule has 2 aromatic rings. The number of urea groups is 1. The average Bonchev–Trinajstić information content (AvgIpc) is 2.76. The summed E-state index contributed by atoms with van der Waals surface area (Å²) in [6, 6.07) is 15.0. The van der Waals surface area contributed by atoms with Crippen LogP contribution in [0.2, 0.25) is 0 Å². The molecule has 1 aliphatic heterocycles. The van der Waals surface area contributed by atoms with E-state index in [1.165, 1.54) is 4.90 Å². The monoisotopic (exact) mass is 437 g/mol. The Kier molecular flexibility index (Phi) is 7.14. The SMILES string of the molecule is CC1=C(C(=O)OC(C)C)C(c2ccc(NC(=O)COc3ccccc3)cc2)NC(=O)N1C. The third kappa shape index (κ3) is 5.46. The lowest BCUT2D eigenvalue weighted by molar-refractivity contribution is -0.143. The molecule has 2 aromatic carbocycles. The predicted octanol–water partition coefficient (Wildman–Crippen LogP) is 3.63. The van der Waals surface area contributed by atoms with Gasteiger partial charge < -0.3 is 25.0 Å². The van der Waals surface area contributed by atoms with E-state index in [1.54, 1.807) is 64.2 Å². The van der Waals surface area contributed by atoms with Crippen LogP contribution in [0, 0.1) is 0 Å². The number of hydrogen-bond donors (Lipinski definition) is 2. The number of carbonyl (C=O) groups excluding carboxylic acids is 3. The highest BCUT2D eigenvalue weighted by molar-refractivity contribution is 5.95. The number of carbonyl (C=O) groups is 3. The van der Waals surface area contributed by atoms with E-state index in [0.29, 0.717) is 28.3 Å². The Hall–Kier alpha value is -3.81. The fourth-order valence-electron chi connectivity index (χ4n) is 3.25. The van der Waals surface area contributed by atoms with Gasteiger partial charge in [0, 0.05) is 18.4 Å². The normalized spacial score (nSPS) is 16.0. The Balaban J connectivity index is 1.72.